The van der Waals surface area contributed by atoms with Gasteiger partial charge in [0, 0.05) is 12.1 Å². The summed E-state index contributed by atoms with van der Waals surface area (Å²) in [7, 11) is 0. The number of alkyl carbamates (subject to hydrolysis) is 1. The fourth-order valence-electron chi connectivity index (χ4n) is 3.88. The summed E-state index contributed by atoms with van der Waals surface area (Å²) < 4.78 is 25.1. The minimum Gasteiger partial charge on any atom is -0.493 e. The molecule has 9 heteroatoms. The zero-order valence-electron chi connectivity index (χ0n) is 22.3. The van der Waals surface area contributed by atoms with Crippen LogP contribution in [-0.4, -0.2) is 45.7 Å². The van der Waals surface area contributed by atoms with Gasteiger partial charge >= 0.3 is 6.09 Å². The van der Waals surface area contributed by atoms with Crippen LogP contribution in [0.25, 0.3) is 22.7 Å². The number of hydrogen-bond acceptors (Lipinski definition) is 7. The third-order valence-electron chi connectivity index (χ3n) is 5.94. The molecule has 5 rings (SSSR count). The number of carbonyl (C=O) groups is 1. The van der Waals surface area contributed by atoms with E-state index in [1.165, 1.54) is 12.8 Å². The highest BCUT2D eigenvalue weighted by atomic mass is 16.6. The molecular weight excluding hydrogens is 484 g/mol. The smallest absolute Gasteiger partial charge is 0.407 e. The van der Waals surface area contributed by atoms with Crippen molar-refractivity contribution in [2.45, 2.75) is 58.7 Å². The number of oxazole rings is 1. The number of benzene rings is 2. The lowest BCUT2D eigenvalue weighted by molar-refractivity contribution is 0.0493. The number of rotatable bonds is 10. The first-order chi connectivity index (χ1) is 18.2. The van der Waals surface area contributed by atoms with Gasteiger partial charge in [0.15, 0.2) is 5.58 Å². The van der Waals surface area contributed by atoms with Crippen LogP contribution in [0.5, 0.6) is 11.6 Å². The van der Waals surface area contributed by atoms with Crippen LogP contribution in [0.15, 0.2) is 59.0 Å². The monoisotopic (exact) mass is 518 g/mol. The first-order valence-electron chi connectivity index (χ1n) is 13.0. The third-order valence-corrected chi connectivity index (χ3v) is 5.94. The van der Waals surface area contributed by atoms with Crippen LogP contribution in [0.1, 0.15) is 46.1 Å². The Morgan fingerprint density at radius 3 is 2.66 bits per heavy atom. The van der Waals surface area contributed by atoms with E-state index in [1.807, 2.05) is 80.9 Å². The summed E-state index contributed by atoms with van der Waals surface area (Å²) in [6, 6.07) is 17.3. The molecule has 0 unspecified atom stereocenters. The number of aromatic nitrogens is 3. The van der Waals surface area contributed by atoms with E-state index in [9.17, 15) is 4.79 Å². The van der Waals surface area contributed by atoms with Gasteiger partial charge in [-0.05, 0) is 64.2 Å². The molecule has 0 spiro atoms. The third kappa shape index (κ3) is 6.85. The number of carbonyl (C=O) groups excluding carboxylic acids is 1. The van der Waals surface area contributed by atoms with Gasteiger partial charge in [-0.3, -0.25) is 4.68 Å². The Morgan fingerprint density at radius 1 is 1.13 bits per heavy atom. The van der Waals surface area contributed by atoms with Crippen LogP contribution in [0, 0.1) is 5.92 Å². The molecule has 2 aromatic carbocycles. The molecule has 1 aliphatic carbocycles. The second-order valence-corrected chi connectivity index (χ2v) is 10.8. The van der Waals surface area contributed by atoms with Crippen molar-refractivity contribution in [2.75, 3.05) is 13.2 Å². The van der Waals surface area contributed by atoms with Gasteiger partial charge < -0.3 is 23.9 Å². The highest BCUT2D eigenvalue weighted by molar-refractivity contribution is 5.77. The van der Waals surface area contributed by atoms with E-state index in [-0.39, 0.29) is 12.6 Å². The molecule has 0 aliphatic heterocycles. The fourth-order valence-corrected chi connectivity index (χ4v) is 3.88. The predicted octanol–water partition coefficient (Wildman–Crippen LogP) is 5.82. The highest BCUT2D eigenvalue weighted by Crippen LogP contribution is 2.32. The van der Waals surface area contributed by atoms with Crippen molar-refractivity contribution in [1.82, 2.24) is 20.1 Å². The molecule has 4 aromatic rings. The summed E-state index contributed by atoms with van der Waals surface area (Å²) in [5.74, 6) is 2.30. The van der Waals surface area contributed by atoms with Crippen LogP contribution in [-0.2, 0) is 11.3 Å². The zero-order chi connectivity index (χ0) is 26.7. The molecule has 1 N–H and O–H groups in total. The molecule has 200 valence electrons. The number of ether oxygens (including phenoxy) is 3. The van der Waals surface area contributed by atoms with E-state index in [1.54, 1.807) is 6.07 Å². The molecular formula is C29H34N4O5. The first kappa shape index (κ1) is 25.6. The Balaban J connectivity index is 1.34. The van der Waals surface area contributed by atoms with E-state index < -0.39 is 11.7 Å². The molecule has 1 saturated carbocycles. The Kier molecular flexibility index (Phi) is 7.26. The lowest BCUT2D eigenvalue weighted by Crippen LogP contribution is -2.40. The van der Waals surface area contributed by atoms with E-state index in [2.05, 4.69) is 10.4 Å². The summed E-state index contributed by atoms with van der Waals surface area (Å²) in [5.41, 5.74) is 2.59. The van der Waals surface area contributed by atoms with Crippen molar-refractivity contribution in [3.8, 4) is 23.2 Å². The second-order valence-electron chi connectivity index (χ2n) is 10.8. The molecule has 2 aromatic heterocycles. The Hall–Kier alpha value is -4.01. The maximum Gasteiger partial charge on any atom is 0.407 e. The molecule has 1 atom stereocenters. The maximum atomic E-state index is 12.1. The van der Waals surface area contributed by atoms with Gasteiger partial charge in [-0.2, -0.15) is 0 Å². The van der Waals surface area contributed by atoms with Gasteiger partial charge in [-0.15, -0.1) is 5.10 Å². The molecule has 2 heterocycles. The number of hydrogen-bond donors (Lipinski definition) is 1. The van der Waals surface area contributed by atoms with Crippen LogP contribution >= 0.6 is 0 Å². The topological polar surface area (TPSA) is 101 Å². The van der Waals surface area contributed by atoms with Gasteiger partial charge in [0.1, 0.15) is 29.2 Å². The molecule has 38 heavy (non-hydrogen) atoms. The number of nitrogens with zero attached hydrogens (tertiary/aromatic N) is 3. The molecule has 1 amide bonds. The summed E-state index contributed by atoms with van der Waals surface area (Å²) in [6.07, 6.45) is 1.98. The van der Waals surface area contributed by atoms with E-state index in [0.29, 0.717) is 35.5 Å². The van der Waals surface area contributed by atoms with Crippen molar-refractivity contribution < 1.29 is 23.4 Å². The van der Waals surface area contributed by atoms with Crippen molar-refractivity contribution in [3.63, 3.8) is 0 Å². The van der Waals surface area contributed by atoms with Gasteiger partial charge in [0.25, 0.3) is 0 Å². The summed E-state index contributed by atoms with van der Waals surface area (Å²) >= 11 is 0. The van der Waals surface area contributed by atoms with Crippen molar-refractivity contribution in [1.29, 1.82) is 0 Å². The van der Waals surface area contributed by atoms with E-state index in [0.717, 1.165) is 23.4 Å². The van der Waals surface area contributed by atoms with Crippen LogP contribution in [0.2, 0.25) is 0 Å². The number of amides is 1. The van der Waals surface area contributed by atoms with Crippen LogP contribution in [0.3, 0.4) is 0 Å². The predicted molar refractivity (Wildman–Crippen MR) is 143 cm³/mol. The second kappa shape index (κ2) is 10.8. The molecule has 0 saturated heterocycles. The SMILES string of the molecule is C[C@@H](COc1cc(-c2nc3ccc(OCC4CC4)cc3o2)n(Cc2ccccc2)n1)NC(=O)OC(C)(C)C. The Bertz CT molecular complexity index is 1390. The largest absolute Gasteiger partial charge is 0.493 e. The van der Waals surface area contributed by atoms with Crippen molar-refractivity contribution in [2.24, 2.45) is 5.92 Å². The highest BCUT2D eigenvalue weighted by Gasteiger charge is 2.23. The zero-order valence-corrected chi connectivity index (χ0v) is 22.3. The van der Waals surface area contributed by atoms with Crippen LogP contribution in [0.4, 0.5) is 4.79 Å². The summed E-state index contributed by atoms with van der Waals surface area (Å²) in [5, 5.41) is 7.44. The Morgan fingerprint density at radius 2 is 1.92 bits per heavy atom. The minimum absolute atomic E-state index is 0.219. The fraction of sp³-hybridized carbons (Fsp3) is 0.414. The molecule has 0 bridgehead atoms. The maximum absolute atomic E-state index is 12.1. The van der Waals surface area contributed by atoms with Crippen LogP contribution < -0.4 is 14.8 Å². The first-order valence-corrected chi connectivity index (χ1v) is 13.0. The molecule has 1 aliphatic rings. The molecule has 0 radical (unpaired) electrons. The standard InChI is InChI=1S/C29H34N4O5/c1-19(30-28(34)38-29(2,3)4)17-36-26-15-24(33(32-26)16-20-8-6-5-7-9-20)27-31-23-13-12-22(14-25(23)37-27)35-18-21-10-11-21/h5-9,12-15,19,21H,10-11,16-18H2,1-4H3,(H,30,34)/t19-/m0/s1. The van der Waals surface area contributed by atoms with Gasteiger partial charge in [-0.25, -0.2) is 9.78 Å². The van der Waals surface area contributed by atoms with Gasteiger partial charge in [0.05, 0.1) is 19.2 Å². The molecule has 9 nitrogen and oxygen atoms in total. The molecule has 1 fully saturated rings. The normalized spacial score (nSPS) is 14.3. The average molecular weight is 519 g/mol. The van der Waals surface area contributed by atoms with Gasteiger partial charge in [0.2, 0.25) is 11.8 Å². The Labute approximate surface area is 222 Å². The summed E-state index contributed by atoms with van der Waals surface area (Å²) in [6.45, 7) is 8.78. The lowest BCUT2D eigenvalue weighted by atomic mass is 10.2. The number of fused-ring (bicyclic) bond motifs is 1. The quantitative estimate of drug-likeness (QED) is 0.282. The average Bonchev–Trinajstić information content (AvgIpc) is 3.46. The lowest BCUT2D eigenvalue weighted by Gasteiger charge is -2.21. The van der Waals surface area contributed by atoms with Crippen molar-refractivity contribution >= 4 is 17.2 Å². The van der Waals surface area contributed by atoms with E-state index in [4.69, 9.17) is 23.6 Å². The van der Waals surface area contributed by atoms with E-state index >= 15 is 0 Å². The van der Waals surface area contributed by atoms with Gasteiger partial charge in [-0.1, -0.05) is 30.3 Å². The summed E-state index contributed by atoms with van der Waals surface area (Å²) in [4.78, 5) is 16.8. The minimum atomic E-state index is -0.570. The number of nitrogens with one attached hydrogen (secondary N) is 1. The van der Waals surface area contributed by atoms with Crippen molar-refractivity contribution in [3.05, 3.63) is 60.2 Å².